The second-order valence-corrected chi connectivity index (χ2v) is 3.58. The Morgan fingerprint density at radius 1 is 1.29 bits per heavy atom. The van der Waals surface area contributed by atoms with Crippen LogP contribution in [0.25, 0.3) is 0 Å². The molecule has 2 aromatic rings. The second kappa shape index (κ2) is 4.50. The van der Waals surface area contributed by atoms with E-state index in [0.29, 0.717) is 0 Å². The SMILES string of the molecule is Nc1ncc(F)c(Nc2cc(F)ccc2Cl)n1. The minimum absolute atomic E-state index is 0.0959. The standard InChI is InChI=1S/C10H7ClF2N4/c11-6-2-1-5(12)3-8(6)16-9-7(13)4-15-10(14)17-9/h1-4H,(H3,14,15,16,17). The van der Waals surface area contributed by atoms with Gasteiger partial charge in [0.2, 0.25) is 5.95 Å². The van der Waals surface area contributed by atoms with Gasteiger partial charge in [-0.1, -0.05) is 11.6 Å². The number of anilines is 3. The van der Waals surface area contributed by atoms with Crippen molar-refractivity contribution in [3.8, 4) is 0 Å². The van der Waals surface area contributed by atoms with Crippen LogP contribution in [0.3, 0.4) is 0 Å². The zero-order valence-corrected chi connectivity index (χ0v) is 9.17. The third-order valence-electron chi connectivity index (χ3n) is 1.94. The van der Waals surface area contributed by atoms with Crippen LogP contribution in [0, 0.1) is 11.6 Å². The Balaban J connectivity index is 2.37. The predicted molar refractivity (Wildman–Crippen MR) is 61.1 cm³/mol. The number of nitrogens with two attached hydrogens (primary N) is 1. The molecule has 0 radical (unpaired) electrons. The number of nitrogen functional groups attached to an aromatic ring is 1. The first-order chi connectivity index (χ1) is 8.06. The Hall–Kier alpha value is -1.95. The van der Waals surface area contributed by atoms with Gasteiger partial charge in [-0.15, -0.1) is 0 Å². The molecule has 88 valence electrons. The monoisotopic (exact) mass is 256 g/mol. The molecule has 1 heterocycles. The van der Waals surface area contributed by atoms with Crippen LogP contribution in [-0.4, -0.2) is 9.97 Å². The number of hydrogen-bond acceptors (Lipinski definition) is 4. The lowest BCUT2D eigenvalue weighted by atomic mass is 10.3. The average molecular weight is 257 g/mol. The van der Waals surface area contributed by atoms with Gasteiger partial charge in [-0.3, -0.25) is 0 Å². The summed E-state index contributed by atoms with van der Waals surface area (Å²) in [6.45, 7) is 0. The highest BCUT2D eigenvalue weighted by molar-refractivity contribution is 6.33. The van der Waals surface area contributed by atoms with E-state index in [2.05, 4.69) is 15.3 Å². The van der Waals surface area contributed by atoms with E-state index in [1.54, 1.807) is 0 Å². The molecule has 0 bridgehead atoms. The van der Waals surface area contributed by atoms with Crippen molar-refractivity contribution >= 4 is 29.1 Å². The lowest BCUT2D eigenvalue weighted by Crippen LogP contribution is -2.03. The van der Waals surface area contributed by atoms with Gasteiger partial charge in [0.25, 0.3) is 0 Å². The number of benzene rings is 1. The van der Waals surface area contributed by atoms with Crippen molar-refractivity contribution in [1.82, 2.24) is 9.97 Å². The van der Waals surface area contributed by atoms with Crippen LogP contribution in [0.5, 0.6) is 0 Å². The molecular formula is C10H7ClF2N4. The molecule has 3 N–H and O–H groups in total. The molecular weight excluding hydrogens is 250 g/mol. The largest absolute Gasteiger partial charge is 0.368 e. The first-order valence-corrected chi connectivity index (χ1v) is 4.94. The van der Waals surface area contributed by atoms with Crippen molar-refractivity contribution in [2.75, 3.05) is 11.1 Å². The highest BCUT2D eigenvalue weighted by Crippen LogP contribution is 2.26. The quantitative estimate of drug-likeness (QED) is 0.867. The van der Waals surface area contributed by atoms with Crippen LogP contribution in [0.15, 0.2) is 24.4 Å². The lowest BCUT2D eigenvalue weighted by Gasteiger charge is -2.08. The second-order valence-electron chi connectivity index (χ2n) is 3.17. The van der Waals surface area contributed by atoms with Crippen molar-refractivity contribution in [2.24, 2.45) is 0 Å². The van der Waals surface area contributed by atoms with Crippen molar-refractivity contribution < 1.29 is 8.78 Å². The van der Waals surface area contributed by atoms with E-state index in [-0.39, 0.29) is 22.5 Å². The maximum atomic E-state index is 13.3. The molecule has 4 nitrogen and oxygen atoms in total. The summed E-state index contributed by atoms with van der Waals surface area (Å²) in [6, 6.07) is 3.67. The highest BCUT2D eigenvalue weighted by Gasteiger charge is 2.08. The molecule has 1 aromatic heterocycles. The Morgan fingerprint density at radius 3 is 2.82 bits per heavy atom. The number of aromatic nitrogens is 2. The molecule has 0 amide bonds. The van der Waals surface area contributed by atoms with E-state index in [9.17, 15) is 8.78 Å². The summed E-state index contributed by atoms with van der Waals surface area (Å²) in [5.74, 6) is -1.47. The Morgan fingerprint density at radius 2 is 2.06 bits per heavy atom. The maximum Gasteiger partial charge on any atom is 0.222 e. The summed E-state index contributed by atoms with van der Waals surface area (Å²) in [4.78, 5) is 7.10. The van der Waals surface area contributed by atoms with Crippen LogP contribution < -0.4 is 11.1 Å². The zero-order valence-electron chi connectivity index (χ0n) is 8.42. The van der Waals surface area contributed by atoms with E-state index in [1.807, 2.05) is 0 Å². The van der Waals surface area contributed by atoms with Gasteiger partial charge in [-0.2, -0.15) is 4.98 Å². The maximum absolute atomic E-state index is 13.3. The summed E-state index contributed by atoms with van der Waals surface area (Å²) in [6.07, 6.45) is 0.915. The van der Waals surface area contributed by atoms with Crippen LogP contribution in [0.2, 0.25) is 5.02 Å². The molecule has 7 heteroatoms. The predicted octanol–water partition coefficient (Wildman–Crippen LogP) is 2.73. The molecule has 0 atom stereocenters. The van der Waals surface area contributed by atoms with E-state index < -0.39 is 11.6 Å². The minimum atomic E-state index is -0.709. The first kappa shape index (κ1) is 11.5. The molecule has 0 aliphatic rings. The first-order valence-electron chi connectivity index (χ1n) is 4.56. The highest BCUT2D eigenvalue weighted by atomic mass is 35.5. The van der Waals surface area contributed by atoms with Crippen LogP contribution in [-0.2, 0) is 0 Å². The van der Waals surface area contributed by atoms with E-state index in [0.717, 1.165) is 12.3 Å². The van der Waals surface area contributed by atoms with Crippen molar-refractivity contribution in [3.63, 3.8) is 0 Å². The van der Waals surface area contributed by atoms with Gasteiger partial charge in [0.05, 0.1) is 16.9 Å². The fourth-order valence-corrected chi connectivity index (χ4v) is 1.35. The van der Waals surface area contributed by atoms with Gasteiger partial charge < -0.3 is 11.1 Å². The van der Waals surface area contributed by atoms with E-state index in [4.69, 9.17) is 17.3 Å². The molecule has 2 rings (SSSR count). The Bertz CT molecular complexity index is 512. The third kappa shape index (κ3) is 2.59. The Labute approximate surface area is 100 Å². The van der Waals surface area contributed by atoms with Gasteiger partial charge in [-0.05, 0) is 18.2 Å². The van der Waals surface area contributed by atoms with Gasteiger partial charge in [0.1, 0.15) is 5.82 Å². The number of nitrogens with zero attached hydrogens (tertiary/aromatic N) is 2. The van der Waals surface area contributed by atoms with Gasteiger partial charge in [-0.25, -0.2) is 13.8 Å². The summed E-state index contributed by atoms with van der Waals surface area (Å²) in [5.41, 5.74) is 5.51. The van der Waals surface area contributed by atoms with Crippen molar-refractivity contribution in [1.29, 1.82) is 0 Å². The van der Waals surface area contributed by atoms with Gasteiger partial charge in [0.15, 0.2) is 11.6 Å². The molecule has 0 unspecified atom stereocenters. The van der Waals surface area contributed by atoms with Gasteiger partial charge in [0, 0.05) is 0 Å². The third-order valence-corrected chi connectivity index (χ3v) is 2.27. The number of rotatable bonds is 2. The number of halogens is 3. The molecule has 0 spiro atoms. The fraction of sp³-hybridized carbons (Fsp3) is 0. The summed E-state index contributed by atoms with van der Waals surface area (Å²) >= 11 is 5.81. The van der Waals surface area contributed by atoms with E-state index >= 15 is 0 Å². The van der Waals surface area contributed by atoms with E-state index in [1.165, 1.54) is 12.1 Å². The van der Waals surface area contributed by atoms with Crippen LogP contribution in [0.1, 0.15) is 0 Å². The van der Waals surface area contributed by atoms with Gasteiger partial charge >= 0.3 is 0 Å². The lowest BCUT2D eigenvalue weighted by molar-refractivity contribution is 0.619. The average Bonchev–Trinajstić information content (AvgIpc) is 2.28. The normalized spacial score (nSPS) is 10.3. The van der Waals surface area contributed by atoms with Crippen LogP contribution in [0.4, 0.5) is 26.2 Å². The summed E-state index contributed by atoms with van der Waals surface area (Å²) in [5, 5.41) is 2.78. The number of hydrogen-bond donors (Lipinski definition) is 2. The smallest absolute Gasteiger partial charge is 0.222 e. The molecule has 1 aromatic carbocycles. The van der Waals surface area contributed by atoms with Crippen LogP contribution >= 0.6 is 11.6 Å². The summed E-state index contributed by atoms with van der Waals surface area (Å²) in [7, 11) is 0. The summed E-state index contributed by atoms with van der Waals surface area (Å²) < 4.78 is 26.3. The molecule has 17 heavy (non-hydrogen) atoms. The van der Waals surface area contributed by atoms with Crippen molar-refractivity contribution in [2.45, 2.75) is 0 Å². The zero-order chi connectivity index (χ0) is 12.4. The van der Waals surface area contributed by atoms with Crippen molar-refractivity contribution in [3.05, 3.63) is 41.1 Å². The molecule has 0 aliphatic heterocycles. The molecule has 0 saturated heterocycles. The molecule has 0 fully saturated rings. The number of nitrogens with one attached hydrogen (secondary N) is 1. The minimum Gasteiger partial charge on any atom is -0.368 e. The fourth-order valence-electron chi connectivity index (χ4n) is 1.19. The molecule has 0 saturated carbocycles. The topological polar surface area (TPSA) is 63.8 Å². The Kier molecular flexibility index (Phi) is 3.06. The molecule has 0 aliphatic carbocycles.